The molecule has 2 N–H and O–H groups in total. The number of unbranched alkanes of at least 4 members (excludes halogenated alkanes) is 16. The lowest BCUT2D eigenvalue weighted by molar-refractivity contribution is -0.139. The van der Waals surface area contributed by atoms with Crippen molar-refractivity contribution in [2.45, 2.75) is 217 Å². The fraction of sp³-hybridized carbons (Fsp3) is 0.919. The van der Waals surface area contributed by atoms with Crippen molar-refractivity contribution in [1.29, 1.82) is 0 Å². The third kappa shape index (κ3) is 14.3. The van der Waals surface area contributed by atoms with Gasteiger partial charge in [0.05, 0.1) is 36.6 Å². The summed E-state index contributed by atoms with van der Waals surface area (Å²) in [5.74, 6) is -0.118. The molecule has 2 saturated heterocycles. The second-order valence-corrected chi connectivity index (χ2v) is 13.9. The summed E-state index contributed by atoms with van der Waals surface area (Å²) in [6, 6.07) is 0. The van der Waals surface area contributed by atoms with Crippen molar-refractivity contribution >= 4 is 5.97 Å². The van der Waals surface area contributed by atoms with Gasteiger partial charge in [-0.15, -0.1) is 0 Å². The van der Waals surface area contributed by atoms with Gasteiger partial charge in [0.25, 0.3) is 0 Å². The lowest BCUT2D eigenvalue weighted by Gasteiger charge is -2.24. The van der Waals surface area contributed by atoms with Crippen LogP contribution in [0.2, 0.25) is 0 Å². The zero-order chi connectivity index (χ0) is 30.7. The van der Waals surface area contributed by atoms with E-state index in [9.17, 15) is 15.0 Å². The number of ether oxygens (including phenoxy) is 3. The maximum atomic E-state index is 11.6. The number of hydrogen-bond acceptors (Lipinski definition) is 6. The molecule has 2 fully saturated rings. The van der Waals surface area contributed by atoms with E-state index < -0.39 is 0 Å². The Balaban J connectivity index is 1.12. The van der Waals surface area contributed by atoms with Crippen LogP contribution in [0.1, 0.15) is 174 Å². The van der Waals surface area contributed by atoms with Gasteiger partial charge in [0.15, 0.2) is 0 Å². The van der Waals surface area contributed by atoms with E-state index in [-0.39, 0.29) is 48.7 Å². The first kappa shape index (κ1) is 36.5. The summed E-state index contributed by atoms with van der Waals surface area (Å²) in [5, 5.41) is 21.4. The molecule has 0 amide bonds. The minimum atomic E-state index is -0.375. The number of aliphatic hydroxyl groups excluding tert-OH is 2. The van der Waals surface area contributed by atoms with Gasteiger partial charge in [-0.1, -0.05) is 116 Å². The monoisotopic (exact) mass is 606 g/mol. The molecule has 43 heavy (non-hydrogen) atoms. The van der Waals surface area contributed by atoms with E-state index in [1.54, 1.807) is 0 Å². The molecule has 0 aromatic carbocycles. The number of carbonyl (C=O) groups is 1. The second kappa shape index (κ2) is 21.7. The minimum absolute atomic E-state index is 0.0466. The molecule has 0 radical (unpaired) electrons. The summed E-state index contributed by atoms with van der Waals surface area (Å²) in [7, 11) is 0. The summed E-state index contributed by atoms with van der Waals surface area (Å²) in [6.45, 7) is 4.17. The summed E-state index contributed by atoms with van der Waals surface area (Å²) in [5.41, 5.74) is 0.869. The fourth-order valence-electron chi connectivity index (χ4n) is 7.25. The van der Waals surface area contributed by atoms with E-state index in [1.807, 2.05) is 13.0 Å². The Kier molecular flexibility index (Phi) is 18.5. The average molecular weight is 607 g/mol. The van der Waals surface area contributed by atoms with E-state index in [2.05, 4.69) is 6.92 Å². The summed E-state index contributed by atoms with van der Waals surface area (Å²) >= 11 is 0. The lowest BCUT2D eigenvalue weighted by atomic mass is 10.0. The van der Waals surface area contributed by atoms with Gasteiger partial charge in [-0.05, 0) is 64.4 Å². The predicted octanol–water partition coefficient (Wildman–Crippen LogP) is 8.89. The van der Waals surface area contributed by atoms with Crippen molar-refractivity contribution in [3.05, 3.63) is 11.6 Å². The van der Waals surface area contributed by atoms with Gasteiger partial charge in [0.1, 0.15) is 6.10 Å². The van der Waals surface area contributed by atoms with Crippen LogP contribution in [0.4, 0.5) is 0 Å². The molecule has 0 aromatic heterocycles. The zero-order valence-electron chi connectivity index (χ0n) is 27.8. The van der Waals surface area contributed by atoms with Crippen molar-refractivity contribution in [1.82, 2.24) is 0 Å². The first-order valence-electron chi connectivity index (χ1n) is 18.6. The number of rotatable bonds is 25. The van der Waals surface area contributed by atoms with Crippen LogP contribution in [0, 0.1) is 0 Å². The molecule has 250 valence electrons. The van der Waals surface area contributed by atoms with Crippen molar-refractivity contribution < 1.29 is 29.2 Å². The summed E-state index contributed by atoms with van der Waals surface area (Å²) in [6.07, 6.45) is 29.9. The number of carbonyl (C=O) groups excluding carboxylic acids is 1. The summed E-state index contributed by atoms with van der Waals surface area (Å²) in [4.78, 5) is 11.6. The van der Waals surface area contributed by atoms with Gasteiger partial charge < -0.3 is 24.4 Å². The molecule has 6 nitrogen and oxygen atoms in total. The highest BCUT2D eigenvalue weighted by molar-refractivity contribution is 5.90. The molecule has 0 unspecified atom stereocenters. The van der Waals surface area contributed by atoms with E-state index in [0.29, 0.717) is 0 Å². The largest absolute Gasteiger partial charge is 0.455 e. The number of cyclic esters (lactones) is 1. The molecular formula is C37H66O6. The second-order valence-electron chi connectivity index (χ2n) is 13.9. The Morgan fingerprint density at radius 3 is 1.49 bits per heavy atom. The quantitative estimate of drug-likeness (QED) is 0.0797. The highest BCUT2D eigenvalue weighted by Gasteiger charge is 2.40. The number of aliphatic hydroxyl groups is 2. The van der Waals surface area contributed by atoms with Gasteiger partial charge in [-0.2, -0.15) is 0 Å². The van der Waals surface area contributed by atoms with E-state index in [0.717, 1.165) is 69.8 Å². The molecule has 3 aliphatic rings. The topological polar surface area (TPSA) is 85.2 Å². The zero-order valence-corrected chi connectivity index (χ0v) is 27.8. The van der Waals surface area contributed by atoms with E-state index >= 15 is 0 Å². The van der Waals surface area contributed by atoms with Crippen LogP contribution in [-0.2, 0) is 19.0 Å². The van der Waals surface area contributed by atoms with Crippen LogP contribution in [-0.4, -0.2) is 58.9 Å². The maximum absolute atomic E-state index is 11.6. The Morgan fingerprint density at radius 2 is 1.07 bits per heavy atom. The van der Waals surface area contributed by atoms with Gasteiger partial charge in [-0.25, -0.2) is 4.79 Å². The standard InChI is InChI=1S/C37H66O6/c1-3-4-5-6-7-13-16-19-22-31(38)33-24-26-35(42-33)36-27-25-34(43-36)32(39)23-20-17-14-11-9-8-10-12-15-18-21-30-28-29(2)41-37(30)40/h28-29,31-36,38-39H,3-27H2,1-2H3/t29-,31+,32-,33+,34+,35-,36-/m1/s1. The molecule has 0 saturated carbocycles. The molecule has 6 heteroatoms. The fourth-order valence-corrected chi connectivity index (χ4v) is 7.25. The Bertz CT molecular complexity index is 768. The van der Waals surface area contributed by atoms with Crippen LogP contribution in [0.5, 0.6) is 0 Å². The SMILES string of the molecule is CCCCCCCCCC[C@H](O)[C@@H]1CC[C@H]([C@H]2CC[C@@H]([C@H](O)CCCCCCCCCCCCC3=C[C@@H](C)OC3=O)O2)O1. The van der Waals surface area contributed by atoms with Gasteiger partial charge in [0, 0.05) is 5.57 Å². The van der Waals surface area contributed by atoms with Gasteiger partial charge in [-0.3, -0.25) is 0 Å². The van der Waals surface area contributed by atoms with Crippen LogP contribution in [0.25, 0.3) is 0 Å². The third-order valence-electron chi connectivity index (χ3n) is 9.98. The molecule has 3 heterocycles. The third-order valence-corrected chi connectivity index (χ3v) is 9.98. The van der Waals surface area contributed by atoms with Crippen LogP contribution in [0.15, 0.2) is 11.6 Å². The van der Waals surface area contributed by atoms with Crippen molar-refractivity contribution in [3.8, 4) is 0 Å². The van der Waals surface area contributed by atoms with Gasteiger partial charge in [0.2, 0.25) is 0 Å². The average Bonchev–Trinajstić information content (AvgIpc) is 3.75. The van der Waals surface area contributed by atoms with Crippen LogP contribution < -0.4 is 0 Å². The highest BCUT2D eigenvalue weighted by atomic mass is 16.6. The summed E-state index contributed by atoms with van der Waals surface area (Å²) < 4.78 is 17.7. The van der Waals surface area contributed by atoms with E-state index in [1.165, 1.54) is 96.3 Å². The number of hydrogen-bond donors (Lipinski definition) is 2. The Morgan fingerprint density at radius 1 is 0.651 bits per heavy atom. The molecule has 0 bridgehead atoms. The smallest absolute Gasteiger partial charge is 0.334 e. The molecular weight excluding hydrogens is 540 g/mol. The van der Waals surface area contributed by atoms with Crippen molar-refractivity contribution in [2.75, 3.05) is 0 Å². The predicted molar refractivity (Wildman–Crippen MR) is 174 cm³/mol. The molecule has 7 atom stereocenters. The highest BCUT2D eigenvalue weighted by Crippen LogP contribution is 2.34. The molecule has 3 rings (SSSR count). The lowest BCUT2D eigenvalue weighted by Crippen LogP contribution is -2.33. The van der Waals surface area contributed by atoms with Crippen molar-refractivity contribution in [3.63, 3.8) is 0 Å². The first-order valence-corrected chi connectivity index (χ1v) is 18.6. The molecule has 3 aliphatic heterocycles. The Hall–Kier alpha value is -0.950. The van der Waals surface area contributed by atoms with Crippen molar-refractivity contribution in [2.24, 2.45) is 0 Å². The normalized spacial score (nSPS) is 27.0. The van der Waals surface area contributed by atoms with Crippen LogP contribution >= 0.6 is 0 Å². The minimum Gasteiger partial charge on any atom is -0.455 e. The molecule has 0 spiro atoms. The van der Waals surface area contributed by atoms with Gasteiger partial charge >= 0.3 is 5.97 Å². The Labute approximate surface area is 263 Å². The van der Waals surface area contributed by atoms with E-state index in [4.69, 9.17) is 14.2 Å². The molecule has 0 aromatic rings. The maximum Gasteiger partial charge on any atom is 0.334 e. The number of esters is 1. The van der Waals surface area contributed by atoms with Crippen LogP contribution in [0.3, 0.4) is 0 Å². The first-order chi connectivity index (χ1) is 21.0. The molecule has 0 aliphatic carbocycles.